The molecule has 0 fully saturated rings. The highest BCUT2D eigenvalue weighted by Crippen LogP contribution is 2.19. The second-order valence-corrected chi connectivity index (χ2v) is 2.68. The number of aromatic nitrogens is 1. The van der Waals surface area contributed by atoms with Crippen LogP contribution in [-0.2, 0) is 4.74 Å². The van der Waals surface area contributed by atoms with Gasteiger partial charge in [0.2, 0.25) is 0 Å². The van der Waals surface area contributed by atoms with Gasteiger partial charge in [0.25, 0.3) is 11.3 Å². The first kappa shape index (κ1) is 11.7. The van der Waals surface area contributed by atoms with Gasteiger partial charge in [-0.15, -0.1) is 0 Å². The normalized spacial score (nSPS) is 9.62. The van der Waals surface area contributed by atoms with E-state index in [4.69, 9.17) is 0 Å². The Morgan fingerprint density at radius 1 is 1.50 bits per heavy atom. The monoisotopic (exact) mass is 228 g/mol. The lowest BCUT2D eigenvalue weighted by Gasteiger charge is -2.03. The average Bonchev–Trinajstić information content (AvgIpc) is 2.26. The van der Waals surface area contributed by atoms with Crippen molar-refractivity contribution in [2.45, 2.75) is 0 Å². The van der Waals surface area contributed by atoms with Crippen LogP contribution >= 0.6 is 0 Å². The molecular weight excluding hydrogens is 220 g/mol. The van der Waals surface area contributed by atoms with Gasteiger partial charge in [-0.25, -0.2) is 4.79 Å². The topological polar surface area (TPSA) is 112 Å². The fraction of sp³-hybridized carbons (Fsp3) is 0.250. The molecule has 0 unspecified atom stereocenters. The zero-order valence-electron chi connectivity index (χ0n) is 8.47. The third-order valence-electron chi connectivity index (χ3n) is 1.76. The van der Waals surface area contributed by atoms with E-state index in [1.807, 2.05) is 0 Å². The molecule has 0 atom stereocenters. The van der Waals surface area contributed by atoms with Crippen molar-refractivity contribution in [2.24, 2.45) is 0 Å². The van der Waals surface area contributed by atoms with E-state index in [2.05, 4.69) is 14.5 Å². The van der Waals surface area contributed by atoms with Gasteiger partial charge in [-0.3, -0.25) is 14.9 Å². The Labute approximate surface area is 88.9 Å². The van der Waals surface area contributed by atoms with Crippen molar-refractivity contribution in [3.8, 4) is 5.88 Å². The molecule has 0 aromatic carbocycles. The maximum absolute atomic E-state index is 11.3. The Hall–Kier alpha value is -2.38. The highest BCUT2D eigenvalue weighted by atomic mass is 16.6. The number of carbonyl (C=O) groups excluding carboxylic acids is 1. The lowest BCUT2D eigenvalue weighted by molar-refractivity contribution is -0.387. The summed E-state index contributed by atoms with van der Waals surface area (Å²) in [5, 5.41) is 10.5. The molecule has 0 aliphatic carbocycles. The Kier molecular flexibility index (Phi) is 3.24. The van der Waals surface area contributed by atoms with E-state index >= 15 is 0 Å². The number of ether oxygens (including phenoxy) is 2. The smallest absolute Gasteiger partial charge is 0.375 e. The van der Waals surface area contributed by atoms with Crippen molar-refractivity contribution < 1.29 is 19.2 Å². The van der Waals surface area contributed by atoms with Gasteiger partial charge in [0, 0.05) is 6.07 Å². The number of esters is 1. The molecule has 0 saturated heterocycles. The van der Waals surface area contributed by atoms with Crippen LogP contribution in [-0.4, -0.2) is 30.1 Å². The predicted octanol–water partition coefficient (Wildman–Crippen LogP) is 0.0783. The number of hydrogen-bond donors (Lipinski definition) is 1. The minimum Gasteiger partial charge on any atom is -0.477 e. The molecule has 0 saturated carbocycles. The molecule has 0 amide bonds. The van der Waals surface area contributed by atoms with E-state index in [-0.39, 0.29) is 5.69 Å². The molecule has 8 nitrogen and oxygen atoms in total. The molecule has 1 N–H and O–H groups in total. The summed E-state index contributed by atoms with van der Waals surface area (Å²) in [5.74, 6) is -1.21. The first-order chi connectivity index (χ1) is 7.51. The van der Waals surface area contributed by atoms with E-state index in [1.54, 1.807) is 0 Å². The molecule has 1 heterocycles. The van der Waals surface area contributed by atoms with Gasteiger partial charge in [0.05, 0.1) is 19.1 Å². The molecule has 0 spiro atoms. The molecule has 0 aliphatic heterocycles. The van der Waals surface area contributed by atoms with Gasteiger partial charge >= 0.3 is 11.7 Å². The average molecular weight is 228 g/mol. The lowest BCUT2D eigenvalue weighted by atomic mass is 10.3. The standard InChI is InChI=1S/C8H8N2O6/c1-15-7-6(10(13)14)5(11)3-4(9-7)8(12)16-2/h3H,1-2H3,(H,9,11). The number of methoxy groups -OCH3 is 2. The summed E-state index contributed by atoms with van der Waals surface area (Å²) in [4.78, 5) is 34.4. The van der Waals surface area contributed by atoms with E-state index in [1.165, 1.54) is 0 Å². The highest BCUT2D eigenvalue weighted by molar-refractivity contribution is 5.87. The molecule has 0 bridgehead atoms. The summed E-state index contributed by atoms with van der Waals surface area (Å²) in [7, 11) is 2.26. The third-order valence-corrected chi connectivity index (χ3v) is 1.76. The number of nitrogens with zero attached hydrogens (tertiary/aromatic N) is 1. The van der Waals surface area contributed by atoms with Gasteiger partial charge in [0.15, 0.2) is 0 Å². The minimum atomic E-state index is -0.930. The van der Waals surface area contributed by atoms with Gasteiger partial charge in [-0.2, -0.15) is 0 Å². The Balaban J connectivity index is 3.44. The van der Waals surface area contributed by atoms with Gasteiger partial charge in [-0.05, 0) is 0 Å². The number of H-pyrrole nitrogens is 1. The second-order valence-electron chi connectivity index (χ2n) is 2.68. The first-order valence-corrected chi connectivity index (χ1v) is 4.05. The molecule has 86 valence electrons. The van der Waals surface area contributed by atoms with Crippen LogP contribution in [0, 0.1) is 10.1 Å². The number of carbonyl (C=O) groups is 1. The summed E-state index contributed by atoms with van der Waals surface area (Å²) in [6, 6.07) is 0.784. The van der Waals surface area contributed by atoms with Crippen LogP contribution in [0.4, 0.5) is 5.69 Å². The first-order valence-electron chi connectivity index (χ1n) is 4.05. The number of pyridine rings is 1. The van der Waals surface area contributed by atoms with Gasteiger partial charge < -0.3 is 14.5 Å². The largest absolute Gasteiger partial charge is 0.477 e. The van der Waals surface area contributed by atoms with E-state index in [0.29, 0.717) is 0 Å². The van der Waals surface area contributed by atoms with E-state index in [9.17, 15) is 19.7 Å². The Morgan fingerprint density at radius 2 is 2.12 bits per heavy atom. The van der Waals surface area contributed by atoms with Crippen LogP contribution in [0.2, 0.25) is 0 Å². The zero-order valence-corrected chi connectivity index (χ0v) is 8.47. The Morgan fingerprint density at radius 3 is 2.56 bits per heavy atom. The van der Waals surface area contributed by atoms with Gasteiger partial charge in [0.1, 0.15) is 5.69 Å². The van der Waals surface area contributed by atoms with Crippen molar-refractivity contribution in [3.05, 3.63) is 32.1 Å². The molecule has 0 aliphatic rings. The quantitative estimate of drug-likeness (QED) is 0.445. The number of hydrogen-bond acceptors (Lipinski definition) is 6. The molecule has 1 aromatic heterocycles. The van der Waals surface area contributed by atoms with Gasteiger partial charge in [-0.1, -0.05) is 0 Å². The van der Waals surface area contributed by atoms with Crippen LogP contribution < -0.4 is 10.2 Å². The molecule has 0 radical (unpaired) electrons. The van der Waals surface area contributed by atoms with Crippen LogP contribution in [0.15, 0.2) is 10.9 Å². The molecular formula is C8H8N2O6. The Bertz CT molecular complexity index is 492. The van der Waals surface area contributed by atoms with Crippen molar-refractivity contribution >= 4 is 11.7 Å². The van der Waals surface area contributed by atoms with Crippen molar-refractivity contribution in [2.75, 3.05) is 14.2 Å². The van der Waals surface area contributed by atoms with E-state index < -0.39 is 27.9 Å². The van der Waals surface area contributed by atoms with Crippen molar-refractivity contribution in [1.29, 1.82) is 0 Å². The summed E-state index contributed by atoms with van der Waals surface area (Å²) >= 11 is 0. The third kappa shape index (κ3) is 2.00. The number of nitro groups is 1. The molecule has 8 heteroatoms. The maximum Gasteiger partial charge on any atom is 0.375 e. The number of nitrogens with one attached hydrogen (secondary N) is 1. The van der Waals surface area contributed by atoms with Crippen molar-refractivity contribution in [3.63, 3.8) is 0 Å². The highest BCUT2D eigenvalue weighted by Gasteiger charge is 2.23. The fourth-order valence-corrected chi connectivity index (χ4v) is 1.07. The number of rotatable bonds is 3. The molecule has 1 aromatic rings. The molecule has 1 rings (SSSR count). The number of aromatic amines is 1. The summed E-state index contributed by atoms with van der Waals surface area (Å²) in [5.41, 5.74) is -1.90. The molecule has 16 heavy (non-hydrogen) atoms. The zero-order chi connectivity index (χ0) is 12.3. The SMILES string of the molecule is COC(=O)c1cc(=O)c([N+](=O)[O-])c(OC)[nH]1. The summed E-state index contributed by atoms with van der Waals surface area (Å²) < 4.78 is 8.97. The van der Waals surface area contributed by atoms with Crippen LogP contribution in [0.3, 0.4) is 0 Å². The summed E-state index contributed by atoms with van der Waals surface area (Å²) in [6.07, 6.45) is 0. The summed E-state index contributed by atoms with van der Waals surface area (Å²) in [6.45, 7) is 0. The lowest BCUT2D eigenvalue weighted by Crippen LogP contribution is -2.15. The fourth-order valence-electron chi connectivity index (χ4n) is 1.07. The van der Waals surface area contributed by atoms with Crippen LogP contribution in [0.1, 0.15) is 10.5 Å². The van der Waals surface area contributed by atoms with E-state index in [0.717, 1.165) is 20.3 Å². The second kappa shape index (κ2) is 4.43. The van der Waals surface area contributed by atoms with Crippen LogP contribution in [0.5, 0.6) is 5.88 Å². The maximum atomic E-state index is 11.3. The van der Waals surface area contributed by atoms with Crippen molar-refractivity contribution in [1.82, 2.24) is 4.98 Å². The predicted molar refractivity (Wildman–Crippen MR) is 51.6 cm³/mol. The minimum absolute atomic E-state index is 0.213. The van der Waals surface area contributed by atoms with Crippen LogP contribution in [0.25, 0.3) is 0 Å².